The first-order valence-electron chi connectivity index (χ1n) is 4.31. The first-order valence-corrected chi connectivity index (χ1v) is 4.31. The predicted molar refractivity (Wildman–Crippen MR) is 51.3 cm³/mol. The minimum Gasteiger partial charge on any atom is -0.350 e. The van der Waals surface area contributed by atoms with E-state index in [1.165, 1.54) is 0 Å². The molecule has 0 aromatic carbocycles. The van der Waals surface area contributed by atoms with Crippen LogP contribution in [-0.2, 0) is 9.59 Å². The molecule has 2 amide bonds. The quantitative estimate of drug-likeness (QED) is 0.463. The van der Waals surface area contributed by atoms with E-state index in [1.807, 2.05) is 0 Å². The average molecular weight is 193 g/mol. The van der Waals surface area contributed by atoms with E-state index in [1.54, 1.807) is 0 Å². The number of nitrogens with one attached hydrogen (secondary N) is 2. The summed E-state index contributed by atoms with van der Waals surface area (Å²) < 4.78 is 0. The SMILES string of the molecule is C#CCCNC(=O)C1=NNC(=O)CC1. The van der Waals surface area contributed by atoms with Crippen LogP contribution in [0.2, 0.25) is 0 Å². The summed E-state index contributed by atoms with van der Waals surface area (Å²) in [6, 6.07) is 0. The van der Waals surface area contributed by atoms with E-state index in [0.717, 1.165) is 0 Å². The number of rotatable bonds is 3. The summed E-state index contributed by atoms with van der Waals surface area (Å²) in [6.45, 7) is 0.433. The fourth-order valence-electron chi connectivity index (χ4n) is 0.988. The molecule has 0 fully saturated rings. The van der Waals surface area contributed by atoms with Crippen molar-refractivity contribution < 1.29 is 9.59 Å². The second-order valence-corrected chi connectivity index (χ2v) is 2.80. The third-order valence-electron chi connectivity index (χ3n) is 1.72. The number of hydrazone groups is 1. The van der Waals surface area contributed by atoms with Gasteiger partial charge < -0.3 is 5.32 Å². The molecule has 0 aromatic rings. The van der Waals surface area contributed by atoms with Gasteiger partial charge in [-0.15, -0.1) is 12.3 Å². The Morgan fingerprint density at radius 1 is 1.64 bits per heavy atom. The van der Waals surface area contributed by atoms with E-state index in [0.29, 0.717) is 31.5 Å². The molecule has 0 radical (unpaired) electrons. The van der Waals surface area contributed by atoms with Crippen LogP contribution < -0.4 is 10.7 Å². The molecule has 0 aromatic heterocycles. The summed E-state index contributed by atoms with van der Waals surface area (Å²) in [5.74, 6) is 1.98. The van der Waals surface area contributed by atoms with Gasteiger partial charge in [0.05, 0.1) is 0 Å². The van der Waals surface area contributed by atoms with Crippen molar-refractivity contribution >= 4 is 17.5 Å². The van der Waals surface area contributed by atoms with Gasteiger partial charge in [0.2, 0.25) is 5.91 Å². The molecule has 0 spiro atoms. The molecule has 1 aliphatic rings. The van der Waals surface area contributed by atoms with Gasteiger partial charge in [0.15, 0.2) is 0 Å². The Morgan fingerprint density at radius 3 is 3.00 bits per heavy atom. The smallest absolute Gasteiger partial charge is 0.267 e. The van der Waals surface area contributed by atoms with Crippen LogP contribution in [0.3, 0.4) is 0 Å². The van der Waals surface area contributed by atoms with Crippen LogP contribution in [0.4, 0.5) is 0 Å². The summed E-state index contributed by atoms with van der Waals surface area (Å²) in [4.78, 5) is 22.0. The van der Waals surface area contributed by atoms with Crippen molar-refractivity contribution in [3.8, 4) is 12.3 Å². The van der Waals surface area contributed by atoms with E-state index in [9.17, 15) is 9.59 Å². The Labute approximate surface area is 81.9 Å². The second-order valence-electron chi connectivity index (χ2n) is 2.80. The van der Waals surface area contributed by atoms with Crippen LogP contribution in [0, 0.1) is 12.3 Å². The number of carbonyl (C=O) groups is 2. The standard InChI is InChI=1S/C9H11N3O2/c1-2-3-6-10-9(14)7-4-5-8(13)12-11-7/h1H,3-6H2,(H,10,14)(H,12,13). The molecule has 0 aliphatic carbocycles. The zero-order valence-corrected chi connectivity index (χ0v) is 7.67. The molecule has 0 unspecified atom stereocenters. The molecule has 0 atom stereocenters. The van der Waals surface area contributed by atoms with Gasteiger partial charge in [-0.2, -0.15) is 5.10 Å². The van der Waals surface area contributed by atoms with Crippen molar-refractivity contribution in [1.82, 2.24) is 10.7 Å². The molecule has 1 heterocycles. The zero-order valence-electron chi connectivity index (χ0n) is 7.67. The highest BCUT2D eigenvalue weighted by atomic mass is 16.2. The van der Waals surface area contributed by atoms with E-state index < -0.39 is 0 Å². The molecule has 1 aliphatic heterocycles. The Bertz CT molecular complexity index is 315. The number of amides is 2. The number of terminal acetylenes is 1. The van der Waals surface area contributed by atoms with Gasteiger partial charge in [-0.3, -0.25) is 9.59 Å². The maximum Gasteiger partial charge on any atom is 0.267 e. The lowest BCUT2D eigenvalue weighted by atomic mass is 10.1. The second kappa shape index (κ2) is 5.02. The van der Waals surface area contributed by atoms with Crippen LogP contribution in [0.1, 0.15) is 19.3 Å². The molecule has 0 saturated carbocycles. The number of nitrogens with zero attached hydrogens (tertiary/aromatic N) is 1. The molecule has 1 rings (SSSR count). The first kappa shape index (κ1) is 10.3. The summed E-state index contributed by atoms with van der Waals surface area (Å²) >= 11 is 0. The van der Waals surface area contributed by atoms with Crippen molar-refractivity contribution in [2.24, 2.45) is 5.10 Å². The number of hydrogen-bond acceptors (Lipinski definition) is 3. The van der Waals surface area contributed by atoms with E-state index >= 15 is 0 Å². The van der Waals surface area contributed by atoms with E-state index in [2.05, 4.69) is 21.8 Å². The fraction of sp³-hybridized carbons (Fsp3) is 0.444. The molecule has 0 saturated heterocycles. The Balaban J connectivity index is 2.38. The van der Waals surface area contributed by atoms with Crippen LogP contribution >= 0.6 is 0 Å². The number of hydrogen-bond donors (Lipinski definition) is 2. The molecule has 2 N–H and O–H groups in total. The molecule has 5 heteroatoms. The molecule has 74 valence electrons. The van der Waals surface area contributed by atoms with Crippen molar-refractivity contribution in [1.29, 1.82) is 0 Å². The monoisotopic (exact) mass is 193 g/mol. The summed E-state index contributed by atoms with van der Waals surface area (Å²) in [5, 5.41) is 6.25. The zero-order chi connectivity index (χ0) is 10.4. The average Bonchev–Trinajstić information content (AvgIpc) is 2.19. The van der Waals surface area contributed by atoms with Crippen molar-refractivity contribution in [3.05, 3.63) is 0 Å². The number of carbonyl (C=O) groups excluding carboxylic acids is 2. The maximum absolute atomic E-state index is 11.3. The largest absolute Gasteiger partial charge is 0.350 e. The third kappa shape index (κ3) is 2.90. The Kier molecular flexibility index (Phi) is 3.68. The lowest BCUT2D eigenvalue weighted by Crippen LogP contribution is -2.37. The summed E-state index contributed by atoms with van der Waals surface area (Å²) in [5.41, 5.74) is 2.60. The van der Waals surface area contributed by atoms with Gasteiger partial charge in [-0.1, -0.05) is 0 Å². The fourth-order valence-corrected chi connectivity index (χ4v) is 0.988. The molecular weight excluding hydrogens is 182 g/mol. The summed E-state index contributed by atoms with van der Waals surface area (Å²) in [7, 11) is 0. The Morgan fingerprint density at radius 2 is 2.43 bits per heavy atom. The van der Waals surface area contributed by atoms with Crippen molar-refractivity contribution in [2.75, 3.05) is 6.54 Å². The molecule has 0 bridgehead atoms. The molecular formula is C9H11N3O2. The van der Waals surface area contributed by atoms with Crippen LogP contribution in [-0.4, -0.2) is 24.1 Å². The Hall–Kier alpha value is -1.83. The van der Waals surface area contributed by atoms with Gasteiger partial charge in [0, 0.05) is 25.8 Å². The summed E-state index contributed by atoms with van der Waals surface area (Å²) in [6.07, 6.45) is 6.20. The predicted octanol–water partition coefficient (Wildman–Crippen LogP) is -0.608. The highest BCUT2D eigenvalue weighted by Crippen LogP contribution is 1.99. The van der Waals surface area contributed by atoms with Gasteiger partial charge in [-0.25, -0.2) is 5.43 Å². The highest BCUT2D eigenvalue weighted by molar-refractivity contribution is 6.39. The minimum atomic E-state index is -0.264. The van der Waals surface area contributed by atoms with Gasteiger partial charge >= 0.3 is 0 Å². The molecule has 5 nitrogen and oxygen atoms in total. The normalized spacial score (nSPS) is 15.1. The van der Waals surface area contributed by atoms with E-state index in [4.69, 9.17) is 6.42 Å². The third-order valence-corrected chi connectivity index (χ3v) is 1.72. The maximum atomic E-state index is 11.3. The first-order chi connectivity index (χ1) is 6.74. The van der Waals surface area contributed by atoms with Gasteiger partial charge in [0.25, 0.3) is 5.91 Å². The van der Waals surface area contributed by atoms with E-state index in [-0.39, 0.29) is 11.8 Å². The lowest BCUT2D eigenvalue weighted by Gasteiger charge is -2.11. The highest BCUT2D eigenvalue weighted by Gasteiger charge is 2.17. The van der Waals surface area contributed by atoms with Crippen LogP contribution in [0.25, 0.3) is 0 Å². The van der Waals surface area contributed by atoms with Crippen molar-refractivity contribution in [2.45, 2.75) is 19.3 Å². The van der Waals surface area contributed by atoms with Gasteiger partial charge in [-0.05, 0) is 0 Å². The van der Waals surface area contributed by atoms with Gasteiger partial charge in [0.1, 0.15) is 5.71 Å². The van der Waals surface area contributed by atoms with Crippen molar-refractivity contribution in [3.63, 3.8) is 0 Å². The van der Waals surface area contributed by atoms with Crippen LogP contribution in [0.5, 0.6) is 0 Å². The topological polar surface area (TPSA) is 70.6 Å². The van der Waals surface area contributed by atoms with Crippen LogP contribution in [0.15, 0.2) is 5.10 Å². The molecule has 14 heavy (non-hydrogen) atoms. The minimum absolute atomic E-state index is 0.162. The lowest BCUT2D eigenvalue weighted by molar-refractivity contribution is -0.121.